The number of carboxylic acids is 1. The number of hydrogen-bond acceptors (Lipinski definition) is 4. The van der Waals surface area contributed by atoms with Crippen molar-refractivity contribution in [1.82, 2.24) is 0 Å². The van der Waals surface area contributed by atoms with E-state index in [4.69, 9.17) is 9.47 Å². The van der Waals surface area contributed by atoms with Crippen molar-refractivity contribution in [2.75, 3.05) is 18.1 Å². The topological polar surface area (TPSA) is 76.1 Å². The Morgan fingerprint density at radius 1 is 1.15 bits per heavy atom. The van der Waals surface area contributed by atoms with E-state index in [0.717, 1.165) is 18.6 Å². The molecule has 0 radical (unpaired) electrons. The number of fused-ring (bicyclic) bond motifs is 1. The Balaban J connectivity index is 1.67. The SMILES string of the molecule is CC1(C)Oc2ccc(C(=O)O)cc2N(CCCCOc2ccccc2)C1=O. The van der Waals surface area contributed by atoms with Gasteiger partial charge in [0.05, 0.1) is 17.9 Å². The number of unbranched alkanes of at least 4 members (excludes halogenated alkanes) is 1. The van der Waals surface area contributed by atoms with Crippen molar-refractivity contribution < 1.29 is 24.2 Å². The van der Waals surface area contributed by atoms with Crippen molar-refractivity contribution in [2.24, 2.45) is 0 Å². The summed E-state index contributed by atoms with van der Waals surface area (Å²) in [6.45, 7) is 4.46. The van der Waals surface area contributed by atoms with Gasteiger partial charge in [0.1, 0.15) is 11.5 Å². The summed E-state index contributed by atoms with van der Waals surface area (Å²) in [6, 6.07) is 14.2. The molecule has 1 aliphatic heterocycles. The standard InChI is InChI=1S/C21H23NO5/c1-21(2)20(25)22(12-6-7-13-26-16-8-4-3-5-9-16)17-14-15(19(23)24)10-11-18(17)27-21/h3-5,8-11,14H,6-7,12-13H2,1-2H3,(H,23,24). The molecule has 1 amide bonds. The summed E-state index contributed by atoms with van der Waals surface area (Å²) in [6.07, 6.45) is 1.50. The number of carbonyl (C=O) groups is 2. The number of aromatic carboxylic acids is 1. The van der Waals surface area contributed by atoms with E-state index in [0.29, 0.717) is 24.6 Å². The monoisotopic (exact) mass is 369 g/mol. The van der Waals surface area contributed by atoms with E-state index in [1.165, 1.54) is 12.1 Å². The lowest BCUT2D eigenvalue weighted by atomic mass is 10.0. The van der Waals surface area contributed by atoms with Gasteiger partial charge in [0.2, 0.25) is 0 Å². The molecule has 0 atom stereocenters. The summed E-state index contributed by atoms with van der Waals surface area (Å²) in [7, 11) is 0. The highest BCUT2D eigenvalue weighted by atomic mass is 16.5. The van der Waals surface area contributed by atoms with Crippen LogP contribution in [0.3, 0.4) is 0 Å². The minimum Gasteiger partial charge on any atom is -0.494 e. The third-order valence-corrected chi connectivity index (χ3v) is 4.41. The zero-order valence-electron chi connectivity index (χ0n) is 15.5. The van der Waals surface area contributed by atoms with Crippen molar-refractivity contribution >= 4 is 17.6 Å². The zero-order valence-corrected chi connectivity index (χ0v) is 15.5. The fourth-order valence-corrected chi connectivity index (χ4v) is 3.00. The molecule has 0 unspecified atom stereocenters. The normalized spacial score (nSPS) is 15.0. The lowest BCUT2D eigenvalue weighted by Crippen LogP contribution is -2.52. The minimum absolute atomic E-state index is 0.127. The molecule has 0 saturated carbocycles. The third-order valence-electron chi connectivity index (χ3n) is 4.41. The van der Waals surface area contributed by atoms with Gasteiger partial charge in [0.15, 0.2) is 5.60 Å². The van der Waals surface area contributed by atoms with Gasteiger partial charge in [0.25, 0.3) is 5.91 Å². The molecule has 1 aliphatic rings. The molecule has 0 aromatic heterocycles. The van der Waals surface area contributed by atoms with Crippen molar-refractivity contribution in [3.63, 3.8) is 0 Å². The average Bonchev–Trinajstić information content (AvgIpc) is 2.64. The first-order chi connectivity index (χ1) is 12.9. The first-order valence-electron chi connectivity index (χ1n) is 8.95. The molecule has 2 aromatic rings. The molecular formula is C21H23NO5. The maximum Gasteiger partial charge on any atom is 0.335 e. The van der Waals surface area contributed by atoms with Crippen LogP contribution >= 0.6 is 0 Å². The summed E-state index contributed by atoms with van der Waals surface area (Å²) in [5, 5.41) is 9.23. The smallest absolute Gasteiger partial charge is 0.335 e. The third kappa shape index (κ3) is 4.22. The number of hydrogen-bond donors (Lipinski definition) is 1. The highest BCUT2D eigenvalue weighted by molar-refractivity contribution is 6.03. The highest BCUT2D eigenvalue weighted by Crippen LogP contribution is 2.38. The van der Waals surface area contributed by atoms with Gasteiger partial charge >= 0.3 is 5.97 Å². The van der Waals surface area contributed by atoms with Crippen LogP contribution in [0.15, 0.2) is 48.5 Å². The van der Waals surface area contributed by atoms with Gasteiger partial charge in [-0.05, 0) is 57.0 Å². The van der Waals surface area contributed by atoms with E-state index in [9.17, 15) is 14.7 Å². The van der Waals surface area contributed by atoms with E-state index < -0.39 is 11.6 Å². The number of para-hydroxylation sites is 1. The Kier molecular flexibility index (Phi) is 5.35. The molecule has 0 aliphatic carbocycles. The quantitative estimate of drug-likeness (QED) is 0.752. The summed E-state index contributed by atoms with van der Waals surface area (Å²) >= 11 is 0. The molecule has 142 valence electrons. The van der Waals surface area contributed by atoms with E-state index in [2.05, 4.69) is 0 Å². The van der Waals surface area contributed by atoms with Crippen LogP contribution < -0.4 is 14.4 Å². The van der Waals surface area contributed by atoms with Crippen LogP contribution in [0.25, 0.3) is 0 Å². The van der Waals surface area contributed by atoms with E-state index in [-0.39, 0.29) is 11.5 Å². The Bertz CT molecular complexity index is 832. The van der Waals surface area contributed by atoms with Crippen LogP contribution in [0.5, 0.6) is 11.5 Å². The summed E-state index contributed by atoms with van der Waals surface area (Å²) in [4.78, 5) is 25.7. The lowest BCUT2D eigenvalue weighted by molar-refractivity contribution is -0.132. The number of carbonyl (C=O) groups excluding carboxylic acids is 1. The Morgan fingerprint density at radius 3 is 2.59 bits per heavy atom. The van der Waals surface area contributed by atoms with Crippen molar-refractivity contribution in [1.29, 1.82) is 0 Å². The predicted octanol–water partition coefficient (Wildman–Crippen LogP) is 3.75. The van der Waals surface area contributed by atoms with Gasteiger partial charge in [-0.25, -0.2) is 4.79 Å². The molecule has 27 heavy (non-hydrogen) atoms. The molecule has 0 saturated heterocycles. The van der Waals surface area contributed by atoms with Crippen LogP contribution in [0.4, 0.5) is 5.69 Å². The Morgan fingerprint density at radius 2 is 1.89 bits per heavy atom. The second-order valence-electron chi connectivity index (χ2n) is 6.93. The molecular weight excluding hydrogens is 346 g/mol. The van der Waals surface area contributed by atoms with Crippen LogP contribution in [0, 0.1) is 0 Å². The predicted molar refractivity (Wildman–Crippen MR) is 102 cm³/mol. The largest absolute Gasteiger partial charge is 0.494 e. The number of carboxylic acid groups (broad SMARTS) is 1. The summed E-state index contributed by atoms with van der Waals surface area (Å²) in [5.41, 5.74) is -0.358. The average molecular weight is 369 g/mol. The van der Waals surface area contributed by atoms with Crippen molar-refractivity contribution in [3.8, 4) is 11.5 Å². The van der Waals surface area contributed by atoms with E-state index in [1.807, 2.05) is 30.3 Å². The van der Waals surface area contributed by atoms with Crippen LogP contribution in [-0.4, -0.2) is 35.7 Å². The minimum atomic E-state index is -1.04. The van der Waals surface area contributed by atoms with E-state index in [1.54, 1.807) is 24.8 Å². The first kappa shape index (κ1) is 18.8. The molecule has 0 bridgehead atoms. The molecule has 1 N–H and O–H groups in total. The van der Waals surface area contributed by atoms with Gasteiger partial charge in [-0.3, -0.25) is 4.79 Å². The number of anilines is 1. The molecule has 0 spiro atoms. The van der Waals surface area contributed by atoms with Crippen LogP contribution in [0.1, 0.15) is 37.0 Å². The molecule has 6 heteroatoms. The zero-order chi connectivity index (χ0) is 19.4. The second-order valence-corrected chi connectivity index (χ2v) is 6.93. The maximum absolute atomic E-state index is 12.8. The fourth-order valence-electron chi connectivity index (χ4n) is 3.00. The van der Waals surface area contributed by atoms with Crippen LogP contribution in [-0.2, 0) is 4.79 Å². The van der Waals surface area contributed by atoms with Gasteiger partial charge in [-0.1, -0.05) is 18.2 Å². The molecule has 6 nitrogen and oxygen atoms in total. The number of ether oxygens (including phenoxy) is 2. The first-order valence-corrected chi connectivity index (χ1v) is 8.95. The van der Waals surface area contributed by atoms with Gasteiger partial charge in [-0.15, -0.1) is 0 Å². The van der Waals surface area contributed by atoms with Crippen molar-refractivity contribution in [2.45, 2.75) is 32.3 Å². The molecule has 1 heterocycles. The Labute approximate surface area is 158 Å². The fraction of sp³-hybridized carbons (Fsp3) is 0.333. The van der Waals surface area contributed by atoms with Gasteiger partial charge in [-0.2, -0.15) is 0 Å². The summed E-state index contributed by atoms with van der Waals surface area (Å²) in [5.74, 6) is 0.121. The van der Waals surface area contributed by atoms with Crippen LogP contribution in [0.2, 0.25) is 0 Å². The molecule has 2 aromatic carbocycles. The number of nitrogens with zero attached hydrogens (tertiary/aromatic N) is 1. The van der Waals surface area contributed by atoms with Gasteiger partial charge in [0, 0.05) is 6.54 Å². The van der Waals surface area contributed by atoms with Crippen molar-refractivity contribution in [3.05, 3.63) is 54.1 Å². The summed E-state index contributed by atoms with van der Waals surface area (Å²) < 4.78 is 11.5. The number of benzene rings is 2. The van der Waals surface area contributed by atoms with E-state index >= 15 is 0 Å². The number of amides is 1. The van der Waals surface area contributed by atoms with Gasteiger partial charge < -0.3 is 19.5 Å². The maximum atomic E-state index is 12.8. The number of rotatable bonds is 7. The molecule has 0 fully saturated rings. The highest BCUT2D eigenvalue weighted by Gasteiger charge is 2.40. The molecule has 3 rings (SSSR count). The Hall–Kier alpha value is -3.02. The lowest BCUT2D eigenvalue weighted by Gasteiger charge is -2.39. The second kappa shape index (κ2) is 7.70.